The molecule has 2 aromatic heterocycles. The van der Waals surface area contributed by atoms with E-state index in [9.17, 15) is 0 Å². The Morgan fingerprint density at radius 2 is 1.95 bits per heavy atom. The molecular weight excluding hydrogens is 266 g/mol. The third kappa shape index (κ3) is 2.16. The summed E-state index contributed by atoms with van der Waals surface area (Å²) in [5.41, 5.74) is 1.34. The number of nitrogens with one attached hydrogen (secondary N) is 1. The summed E-state index contributed by atoms with van der Waals surface area (Å²) in [7, 11) is 0. The molecule has 0 bridgehead atoms. The Balaban J connectivity index is 1.70. The second-order valence-electron chi connectivity index (χ2n) is 5.23. The Hall–Kier alpha value is -1.94. The number of benzene rings is 1. The first kappa shape index (κ1) is 11.9. The van der Waals surface area contributed by atoms with E-state index in [2.05, 4.69) is 57.1 Å². The van der Waals surface area contributed by atoms with E-state index in [1.807, 2.05) is 0 Å². The first-order chi connectivity index (χ1) is 9.92. The summed E-state index contributed by atoms with van der Waals surface area (Å²) >= 11 is 1.66. The summed E-state index contributed by atoms with van der Waals surface area (Å²) in [6, 6.07) is 13.1. The zero-order valence-electron chi connectivity index (χ0n) is 11.0. The maximum Gasteiger partial charge on any atom is 0.138 e. The van der Waals surface area contributed by atoms with E-state index in [1.54, 1.807) is 17.7 Å². The van der Waals surface area contributed by atoms with Gasteiger partial charge in [0.1, 0.15) is 17.0 Å². The average molecular weight is 281 g/mol. The van der Waals surface area contributed by atoms with Crippen LogP contribution in [0.2, 0.25) is 0 Å². The number of hydrogen-bond acceptors (Lipinski definition) is 4. The molecule has 0 unspecified atom stereocenters. The lowest BCUT2D eigenvalue weighted by Crippen LogP contribution is -2.14. The van der Waals surface area contributed by atoms with Crippen molar-refractivity contribution < 1.29 is 0 Å². The SMILES string of the molecule is c1ccc([C@H](Nc2ncnc3sccc23)C2CC2)cc1. The number of fused-ring (bicyclic) bond motifs is 1. The number of thiophene rings is 1. The lowest BCUT2D eigenvalue weighted by molar-refractivity contribution is 0.676. The van der Waals surface area contributed by atoms with Gasteiger partial charge in [-0.2, -0.15) is 0 Å². The molecule has 0 saturated heterocycles. The quantitative estimate of drug-likeness (QED) is 0.776. The normalized spacial score (nSPS) is 16.2. The van der Waals surface area contributed by atoms with Crippen molar-refractivity contribution in [3.8, 4) is 0 Å². The van der Waals surface area contributed by atoms with Gasteiger partial charge >= 0.3 is 0 Å². The molecule has 1 saturated carbocycles. The number of anilines is 1. The summed E-state index contributed by atoms with van der Waals surface area (Å²) < 4.78 is 0. The average Bonchev–Trinajstić information content (AvgIpc) is 3.22. The number of nitrogens with zero attached hydrogens (tertiary/aromatic N) is 2. The fourth-order valence-electron chi connectivity index (χ4n) is 2.62. The predicted molar refractivity (Wildman–Crippen MR) is 82.9 cm³/mol. The van der Waals surface area contributed by atoms with Crippen molar-refractivity contribution in [3.63, 3.8) is 0 Å². The van der Waals surface area contributed by atoms with Gasteiger partial charge in [0.05, 0.1) is 11.4 Å². The molecule has 3 aromatic rings. The summed E-state index contributed by atoms with van der Waals surface area (Å²) in [6.07, 6.45) is 4.24. The van der Waals surface area contributed by atoms with Crippen molar-refractivity contribution in [2.45, 2.75) is 18.9 Å². The van der Waals surface area contributed by atoms with E-state index in [4.69, 9.17) is 0 Å². The highest BCUT2D eigenvalue weighted by atomic mass is 32.1. The zero-order chi connectivity index (χ0) is 13.4. The minimum Gasteiger partial charge on any atom is -0.362 e. The molecule has 4 rings (SSSR count). The molecule has 0 aliphatic heterocycles. The molecule has 0 amide bonds. The Kier molecular flexibility index (Phi) is 2.89. The van der Waals surface area contributed by atoms with Crippen molar-refractivity contribution in [3.05, 3.63) is 53.7 Å². The molecule has 1 fully saturated rings. The summed E-state index contributed by atoms with van der Waals surface area (Å²) in [5, 5.41) is 6.83. The topological polar surface area (TPSA) is 37.8 Å². The van der Waals surface area contributed by atoms with Gasteiger partial charge in [-0.15, -0.1) is 11.3 Å². The Bertz CT molecular complexity index is 719. The van der Waals surface area contributed by atoms with Gasteiger partial charge in [-0.3, -0.25) is 0 Å². The minimum absolute atomic E-state index is 0.356. The van der Waals surface area contributed by atoms with Gasteiger partial charge < -0.3 is 5.32 Å². The van der Waals surface area contributed by atoms with Crippen LogP contribution < -0.4 is 5.32 Å². The number of rotatable bonds is 4. The highest BCUT2D eigenvalue weighted by Crippen LogP contribution is 2.43. The number of aromatic nitrogens is 2. The van der Waals surface area contributed by atoms with Crippen LogP contribution in [0.4, 0.5) is 5.82 Å². The molecule has 0 radical (unpaired) electrons. The van der Waals surface area contributed by atoms with Crippen molar-refractivity contribution >= 4 is 27.4 Å². The third-order valence-electron chi connectivity index (χ3n) is 3.81. The van der Waals surface area contributed by atoms with Crippen LogP contribution in [0.1, 0.15) is 24.4 Å². The molecular formula is C16H15N3S. The van der Waals surface area contributed by atoms with Crippen LogP contribution in [0.3, 0.4) is 0 Å². The van der Waals surface area contributed by atoms with Crippen LogP contribution >= 0.6 is 11.3 Å². The van der Waals surface area contributed by atoms with E-state index in [0.29, 0.717) is 6.04 Å². The van der Waals surface area contributed by atoms with Gasteiger partial charge in [0, 0.05) is 0 Å². The van der Waals surface area contributed by atoms with Crippen LogP contribution in [-0.2, 0) is 0 Å². The van der Waals surface area contributed by atoms with E-state index >= 15 is 0 Å². The fraction of sp³-hybridized carbons (Fsp3) is 0.250. The van der Waals surface area contributed by atoms with E-state index in [0.717, 1.165) is 22.0 Å². The van der Waals surface area contributed by atoms with E-state index < -0.39 is 0 Å². The predicted octanol–water partition coefficient (Wildman–Crippen LogP) is 4.25. The van der Waals surface area contributed by atoms with Gasteiger partial charge in [-0.25, -0.2) is 9.97 Å². The first-order valence-corrected chi connectivity index (χ1v) is 7.79. The lowest BCUT2D eigenvalue weighted by atomic mass is 10.0. The third-order valence-corrected chi connectivity index (χ3v) is 4.63. The standard InChI is InChI=1S/C16H15N3S/c1-2-4-11(5-3-1)14(12-6-7-12)19-15-13-8-9-20-16(13)18-10-17-15/h1-5,8-10,12,14H,6-7H2,(H,17,18,19)/t14-/m0/s1. The molecule has 20 heavy (non-hydrogen) atoms. The van der Waals surface area contributed by atoms with Crippen molar-refractivity contribution in [1.82, 2.24) is 9.97 Å². The molecule has 1 aliphatic rings. The highest BCUT2D eigenvalue weighted by Gasteiger charge is 2.32. The van der Waals surface area contributed by atoms with Crippen LogP contribution in [0.25, 0.3) is 10.2 Å². The molecule has 1 aromatic carbocycles. The van der Waals surface area contributed by atoms with Gasteiger partial charge in [0.25, 0.3) is 0 Å². The number of hydrogen-bond donors (Lipinski definition) is 1. The van der Waals surface area contributed by atoms with Crippen molar-refractivity contribution in [2.75, 3.05) is 5.32 Å². The summed E-state index contributed by atoms with van der Waals surface area (Å²) in [5.74, 6) is 1.68. The molecule has 1 atom stereocenters. The molecule has 100 valence electrons. The largest absolute Gasteiger partial charge is 0.362 e. The van der Waals surface area contributed by atoms with Gasteiger partial charge in [0.2, 0.25) is 0 Å². The molecule has 3 nitrogen and oxygen atoms in total. The second-order valence-corrected chi connectivity index (χ2v) is 6.13. The van der Waals surface area contributed by atoms with Crippen LogP contribution in [0, 0.1) is 5.92 Å². The lowest BCUT2D eigenvalue weighted by Gasteiger charge is -2.19. The Morgan fingerprint density at radius 3 is 2.75 bits per heavy atom. The second kappa shape index (κ2) is 4.87. The fourth-order valence-corrected chi connectivity index (χ4v) is 3.35. The molecule has 1 N–H and O–H groups in total. The minimum atomic E-state index is 0.356. The van der Waals surface area contributed by atoms with E-state index in [-0.39, 0.29) is 0 Å². The summed E-state index contributed by atoms with van der Waals surface area (Å²) in [6.45, 7) is 0. The van der Waals surface area contributed by atoms with Crippen molar-refractivity contribution in [2.24, 2.45) is 5.92 Å². The molecule has 4 heteroatoms. The molecule has 0 spiro atoms. The van der Waals surface area contributed by atoms with Crippen molar-refractivity contribution in [1.29, 1.82) is 0 Å². The first-order valence-electron chi connectivity index (χ1n) is 6.91. The van der Waals surface area contributed by atoms with Crippen LogP contribution in [0.5, 0.6) is 0 Å². The smallest absolute Gasteiger partial charge is 0.138 e. The Labute approximate surface area is 121 Å². The van der Waals surface area contributed by atoms with Crippen LogP contribution in [0.15, 0.2) is 48.1 Å². The highest BCUT2D eigenvalue weighted by molar-refractivity contribution is 7.16. The van der Waals surface area contributed by atoms with Gasteiger partial charge in [-0.05, 0) is 35.8 Å². The molecule has 2 heterocycles. The monoisotopic (exact) mass is 281 g/mol. The zero-order valence-corrected chi connectivity index (χ0v) is 11.8. The maximum atomic E-state index is 4.44. The van der Waals surface area contributed by atoms with E-state index in [1.165, 1.54) is 18.4 Å². The maximum absolute atomic E-state index is 4.44. The molecule has 1 aliphatic carbocycles. The van der Waals surface area contributed by atoms with Crippen LogP contribution in [-0.4, -0.2) is 9.97 Å². The van der Waals surface area contributed by atoms with Gasteiger partial charge in [-0.1, -0.05) is 30.3 Å². The van der Waals surface area contributed by atoms with Gasteiger partial charge in [0.15, 0.2) is 0 Å². The Morgan fingerprint density at radius 1 is 1.10 bits per heavy atom. The summed E-state index contributed by atoms with van der Waals surface area (Å²) in [4.78, 5) is 9.80.